The minimum Gasteiger partial charge on any atom is -0.511 e. The molecule has 0 bridgehead atoms. The van der Waals surface area contributed by atoms with Gasteiger partial charge in [-0.25, -0.2) is 0 Å². The van der Waals surface area contributed by atoms with Crippen molar-refractivity contribution in [3.05, 3.63) is 24.0 Å². The Morgan fingerprint density at radius 2 is 2.22 bits per heavy atom. The van der Waals surface area contributed by atoms with Crippen LogP contribution in [0.1, 0.15) is 0 Å². The van der Waals surface area contributed by atoms with Gasteiger partial charge >= 0.3 is 0 Å². The molecule has 0 fully saturated rings. The summed E-state index contributed by atoms with van der Waals surface area (Å²) in [4.78, 5) is 0. The molecule has 1 rings (SSSR count). The third-order valence-corrected chi connectivity index (χ3v) is 2.53. The second-order valence-electron chi connectivity index (χ2n) is 1.87. The average molecular weight is 238 g/mol. The largest absolute Gasteiger partial charge is 0.511 e. The number of rotatable bonds is 0. The molecule has 2 nitrogen and oxygen atoms in total. The molecule has 2 N–H and O–H groups in total. The van der Waals surface area contributed by atoms with Crippen molar-refractivity contribution < 1.29 is 10.2 Å². The molecule has 2 atom stereocenters. The van der Waals surface area contributed by atoms with Crippen LogP contribution in [0.4, 0.5) is 0 Å². The Morgan fingerprint density at radius 3 is 2.67 bits per heavy atom. The third kappa shape index (κ3) is 1.46. The molecule has 0 saturated heterocycles. The zero-order valence-electron chi connectivity index (χ0n) is 4.66. The number of halogens is 1. The van der Waals surface area contributed by atoms with E-state index in [1.807, 2.05) is 22.6 Å². The highest BCUT2D eigenvalue weighted by Gasteiger charge is 2.18. The molecule has 0 aromatic carbocycles. The average Bonchev–Trinajstić information content (AvgIpc) is 1.83. The van der Waals surface area contributed by atoms with Crippen LogP contribution in [0, 0.1) is 0 Å². The predicted molar refractivity (Wildman–Crippen MR) is 43.7 cm³/mol. The van der Waals surface area contributed by atoms with Crippen molar-refractivity contribution in [3.8, 4) is 0 Å². The van der Waals surface area contributed by atoms with Crippen LogP contribution in [0.25, 0.3) is 0 Å². The van der Waals surface area contributed by atoms with Crippen LogP contribution in [0.5, 0.6) is 0 Å². The first-order valence-electron chi connectivity index (χ1n) is 2.61. The van der Waals surface area contributed by atoms with Gasteiger partial charge in [0.15, 0.2) is 0 Å². The van der Waals surface area contributed by atoms with E-state index in [9.17, 15) is 0 Å². The van der Waals surface area contributed by atoms with Crippen molar-refractivity contribution in [1.82, 2.24) is 0 Å². The van der Waals surface area contributed by atoms with Gasteiger partial charge in [0, 0.05) is 0 Å². The number of aliphatic hydroxyl groups excluding tert-OH is 2. The van der Waals surface area contributed by atoms with Gasteiger partial charge < -0.3 is 10.2 Å². The summed E-state index contributed by atoms with van der Waals surface area (Å²) in [6, 6.07) is 0. The van der Waals surface area contributed by atoms with Gasteiger partial charge in [0.1, 0.15) is 5.76 Å². The molecule has 0 aromatic heterocycles. The fraction of sp³-hybridized carbons (Fsp3) is 0.333. The Hall–Kier alpha value is -0.0300. The summed E-state index contributed by atoms with van der Waals surface area (Å²) >= 11 is 1.99. The lowest BCUT2D eigenvalue weighted by Crippen LogP contribution is -2.21. The maximum Gasteiger partial charge on any atom is 0.108 e. The maximum absolute atomic E-state index is 9.05. The van der Waals surface area contributed by atoms with Crippen molar-refractivity contribution in [2.24, 2.45) is 0 Å². The van der Waals surface area contributed by atoms with Gasteiger partial charge in [0.2, 0.25) is 0 Å². The molecule has 9 heavy (non-hydrogen) atoms. The summed E-state index contributed by atoms with van der Waals surface area (Å²) in [7, 11) is 0. The Morgan fingerprint density at radius 1 is 1.56 bits per heavy atom. The van der Waals surface area contributed by atoms with Crippen LogP contribution < -0.4 is 0 Å². The van der Waals surface area contributed by atoms with E-state index >= 15 is 0 Å². The lowest BCUT2D eigenvalue weighted by Gasteiger charge is -2.15. The van der Waals surface area contributed by atoms with Crippen LogP contribution in [0.2, 0.25) is 0 Å². The third-order valence-electron chi connectivity index (χ3n) is 1.16. The molecule has 1 aliphatic rings. The van der Waals surface area contributed by atoms with E-state index in [0.717, 1.165) is 0 Å². The van der Waals surface area contributed by atoms with Crippen LogP contribution in [0.3, 0.4) is 0 Å². The second-order valence-corrected chi connectivity index (χ2v) is 3.21. The minimum absolute atomic E-state index is 0.174. The van der Waals surface area contributed by atoms with Crippen molar-refractivity contribution >= 4 is 22.6 Å². The highest BCUT2D eigenvalue weighted by molar-refractivity contribution is 14.1. The van der Waals surface area contributed by atoms with Gasteiger partial charge in [-0.1, -0.05) is 34.7 Å². The Bertz CT molecular complexity index is 162. The number of aliphatic hydroxyl groups is 2. The van der Waals surface area contributed by atoms with E-state index < -0.39 is 6.10 Å². The topological polar surface area (TPSA) is 40.5 Å². The zero-order valence-corrected chi connectivity index (χ0v) is 6.82. The normalized spacial score (nSPS) is 34.2. The molecule has 0 aliphatic heterocycles. The van der Waals surface area contributed by atoms with Crippen LogP contribution in [0.15, 0.2) is 24.0 Å². The van der Waals surface area contributed by atoms with Crippen molar-refractivity contribution in [3.63, 3.8) is 0 Å². The summed E-state index contributed by atoms with van der Waals surface area (Å²) in [5, 5.41) is 18.0. The van der Waals surface area contributed by atoms with Gasteiger partial charge in [-0.2, -0.15) is 0 Å². The van der Waals surface area contributed by atoms with Gasteiger partial charge in [-0.05, 0) is 6.08 Å². The number of allylic oxidation sites excluding steroid dienone is 2. The number of hydrogen-bond acceptors (Lipinski definition) is 2. The fourth-order valence-corrected chi connectivity index (χ4v) is 1.08. The molecule has 3 heteroatoms. The molecule has 2 unspecified atom stereocenters. The summed E-state index contributed by atoms with van der Waals surface area (Å²) < 4.78 is -0.174. The van der Waals surface area contributed by atoms with Crippen LogP contribution in [-0.4, -0.2) is 20.2 Å². The summed E-state index contributed by atoms with van der Waals surface area (Å²) in [5.41, 5.74) is 0. The smallest absolute Gasteiger partial charge is 0.108 e. The molecular formula is C6H7IO2. The highest BCUT2D eigenvalue weighted by Crippen LogP contribution is 2.19. The quantitative estimate of drug-likeness (QED) is 0.491. The Labute approximate surface area is 67.0 Å². The lowest BCUT2D eigenvalue weighted by molar-refractivity contribution is 0.211. The molecular weight excluding hydrogens is 231 g/mol. The molecule has 50 valence electrons. The molecule has 0 amide bonds. The molecule has 0 spiro atoms. The van der Waals surface area contributed by atoms with Gasteiger partial charge in [0.25, 0.3) is 0 Å². The van der Waals surface area contributed by atoms with Crippen LogP contribution in [-0.2, 0) is 0 Å². The van der Waals surface area contributed by atoms with E-state index in [1.54, 1.807) is 18.2 Å². The number of alkyl halides is 1. The zero-order chi connectivity index (χ0) is 6.85. The molecule has 0 radical (unpaired) electrons. The van der Waals surface area contributed by atoms with Gasteiger partial charge in [-0.15, -0.1) is 0 Å². The van der Waals surface area contributed by atoms with E-state index in [2.05, 4.69) is 0 Å². The lowest BCUT2D eigenvalue weighted by atomic mass is 10.1. The van der Waals surface area contributed by atoms with E-state index in [4.69, 9.17) is 10.2 Å². The Kier molecular flexibility index (Phi) is 2.13. The van der Waals surface area contributed by atoms with Gasteiger partial charge in [-0.3, -0.25) is 0 Å². The van der Waals surface area contributed by atoms with E-state index in [1.165, 1.54) is 0 Å². The maximum atomic E-state index is 9.05. The number of hydrogen-bond donors (Lipinski definition) is 2. The monoisotopic (exact) mass is 238 g/mol. The second kappa shape index (κ2) is 2.70. The van der Waals surface area contributed by atoms with Crippen LogP contribution >= 0.6 is 22.6 Å². The molecule has 0 heterocycles. The van der Waals surface area contributed by atoms with Gasteiger partial charge in [0.05, 0.1) is 10.0 Å². The first-order valence-corrected chi connectivity index (χ1v) is 3.86. The summed E-state index contributed by atoms with van der Waals surface area (Å²) in [6.45, 7) is 0. The molecule has 0 saturated carbocycles. The van der Waals surface area contributed by atoms with Crippen molar-refractivity contribution in [1.29, 1.82) is 0 Å². The summed E-state index contributed by atoms with van der Waals surface area (Å²) in [5.74, 6) is 0.241. The first kappa shape index (κ1) is 7.08. The SMILES string of the molecule is OC1=CC=CC(O)C1I. The van der Waals surface area contributed by atoms with E-state index in [-0.39, 0.29) is 9.68 Å². The molecule has 1 aliphatic carbocycles. The predicted octanol–water partition coefficient (Wildman–Crippen LogP) is 1.16. The highest BCUT2D eigenvalue weighted by atomic mass is 127. The van der Waals surface area contributed by atoms with Crippen molar-refractivity contribution in [2.45, 2.75) is 10.0 Å². The Balaban J connectivity index is 2.73. The fourth-order valence-electron chi connectivity index (χ4n) is 0.632. The summed E-state index contributed by atoms with van der Waals surface area (Å²) in [6.07, 6.45) is 4.35. The molecule has 0 aromatic rings. The van der Waals surface area contributed by atoms with Crippen molar-refractivity contribution in [2.75, 3.05) is 0 Å². The van der Waals surface area contributed by atoms with E-state index in [0.29, 0.717) is 0 Å². The first-order chi connectivity index (χ1) is 4.22. The minimum atomic E-state index is -0.532. The standard InChI is InChI=1S/C6H7IO2/c7-6-4(8)2-1-3-5(6)9/h1-4,6,8-9H.